The first-order valence-electron chi connectivity index (χ1n) is 8.22. The van der Waals surface area contributed by atoms with E-state index in [0.717, 1.165) is 29.7 Å². The molecular weight excluding hydrogens is 346 g/mol. The van der Waals surface area contributed by atoms with Gasteiger partial charge in [-0.25, -0.2) is 9.59 Å². The Morgan fingerprint density at radius 2 is 2.00 bits per heavy atom. The van der Waals surface area contributed by atoms with Gasteiger partial charge in [0, 0.05) is 12.0 Å². The molecule has 1 N–H and O–H groups in total. The number of methoxy groups -OCH3 is 1. The van der Waals surface area contributed by atoms with E-state index >= 15 is 0 Å². The zero-order valence-corrected chi connectivity index (χ0v) is 15.5. The molecule has 1 heterocycles. The molecule has 1 amide bonds. The molecule has 0 unspecified atom stereocenters. The van der Waals surface area contributed by atoms with E-state index in [2.05, 4.69) is 17.0 Å². The zero-order chi connectivity index (χ0) is 18.4. The highest BCUT2D eigenvalue weighted by Crippen LogP contribution is 2.40. The number of amides is 1. The summed E-state index contributed by atoms with van der Waals surface area (Å²) in [4.78, 5) is 36.8. The summed E-state index contributed by atoms with van der Waals surface area (Å²) in [7, 11) is 1.37. The topological polar surface area (TPSA) is 90.9 Å². The Balaban J connectivity index is 2.14. The fourth-order valence-corrected chi connectivity index (χ4v) is 4.14. The Kier molecular flexibility index (Phi) is 6.95. The molecule has 2 rings (SSSR count). The van der Waals surface area contributed by atoms with Crippen LogP contribution >= 0.6 is 11.3 Å². The second kappa shape index (κ2) is 8.96. The van der Waals surface area contributed by atoms with Gasteiger partial charge in [0.25, 0.3) is 5.91 Å². The van der Waals surface area contributed by atoms with Crippen LogP contribution in [-0.2, 0) is 36.6 Å². The minimum atomic E-state index is -0.623. The molecule has 1 aliphatic carbocycles. The van der Waals surface area contributed by atoms with Crippen LogP contribution in [0.4, 0.5) is 5.00 Å². The minimum absolute atomic E-state index is 0.216. The van der Waals surface area contributed by atoms with Crippen molar-refractivity contribution in [2.45, 2.75) is 33.1 Å². The molecule has 0 bridgehead atoms. The Labute approximate surface area is 150 Å². The van der Waals surface area contributed by atoms with E-state index in [9.17, 15) is 14.4 Å². The maximum Gasteiger partial charge on any atom is 0.341 e. The number of fused-ring (bicyclic) bond motifs is 1. The van der Waals surface area contributed by atoms with E-state index in [4.69, 9.17) is 9.47 Å². The standard InChI is InChI=1S/C17H23NO6S/c1-4-23-17(21)15-11-6-5-10(2)7-12(11)25-16(15)18-13(19)8-24-14(20)9-22-3/h10H,4-9H2,1-3H3,(H,18,19)/t10-/m1/s1. The highest BCUT2D eigenvalue weighted by molar-refractivity contribution is 7.17. The van der Waals surface area contributed by atoms with Crippen LogP contribution in [0.3, 0.4) is 0 Å². The van der Waals surface area contributed by atoms with Crippen molar-refractivity contribution >= 4 is 34.2 Å². The van der Waals surface area contributed by atoms with Gasteiger partial charge in [-0.1, -0.05) is 6.92 Å². The van der Waals surface area contributed by atoms with Crippen LogP contribution in [-0.4, -0.2) is 44.8 Å². The van der Waals surface area contributed by atoms with E-state index in [1.54, 1.807) is 6.92 Å². The van der Waals surface area contributed by atoms with Gasteiger partial charge in [0.2, 0.25) is 0 Å². The summed E-state index contributed by atoms with van der Waals surface area (Å²) in [5, 5.41) is 3.14. The number of thiophene rings is 1. The predicted octanol–water partition coefficient (Wildman–Crippen LogP) is 2.18. The van der Waals surface area contributed by atoms with E-state index in [1.165, 1.54) is 18.4 Å². The number of anilines is 1. The number of esters is 2. The molecule has 1 aromatic heterocycles. The van der Waals surface area contributed by atoms with Crippen molar-refractivity contribution in [2.24, 2.45) is 5.92 Å². The number of carbonyl (C=O) groups is 3. The smallest absolute Gasteiger partial charge is 0.341 e. The van der Waals surface area contributed by atoms with Crippen molar-refractivity contribution < 1.29 is 28.6 Å². The van der Waals surface area contributed by atoms with Gasteiger partial charge >= 0.3 is 11.9 Å². The molecule has 25 heavy (non-hydrogen) atoms. The normalized spacial score (nSPS) is 16.0. The molecule has 8 heteroatoms. The molecule has 0 spiro atoms. The average molecular weight is 369 g/mol. The maximum absolute atomic E-state index is 12.3. The maximum atomic E-state index is 12.3. The fraction of sp³-hybridized carbons (Fsp3) is 0.588. The zero-order valence-electron chi connectivity index (χ0n) is 14.7. The monoisotopic (exact) mass is 369 g/mol. The van der Waals surface area contributed by atoms with Crippen molar-refractivity contribution in [2.75, 3.05) is 32.2 Å². The van der Waals surface area contributed by atoms with Crippen LogP contribution in [0, 0.1) is 5.92 Å². The minimum Gasteiger partial charge on any atom is -0.462 e. The van der Waals surface area contributed by atoms with Gasteiger partial charge in [0.1, 0.15) is 11.6 Å². The number of hydrogen-bond donors (Lipinski definition) is 1. The predicted molar refractivity (Wildman–Crippen MR) is 92.9 cm³/mol. The van der Waals surface area contributed by atoms with Gasteiger partial charge in [-0.3, -0.25) is 4.79 Å². The third kappa shape index (κ3) is 5.02. The van der Waals surface area contributed by atoms with E-state index in [0.29, 0.717) is 16.5 Å². The molecule has 7 nitrogen and oxygen atoms in total. The van der Waals surface area contributed by atoms with Gasteiger partial charge in [0.05, 0.1) is 12.2 Å². The molecule has 1 aliphatic rings. The quantitative estimate of drug-likeness (QED) is 0.741. The van der Waals surface area contributed by atoms with Gasteiger partial charge in [-0.05, 0) is 37.7 Å². The second-order valence-corrected chi connectivity index (χ2v) is 7.02. The lowest BCUT2D eigenvalue weighted by Crippen LogP contribution is -2.23. The van der Waals surface area contributed by atoms with Crippen molar-refractivity contribution in [1.29, 1.82) is 0 Å². The van der Waals surface area contributed by atoms with Crippen LogP contribution in [0.25, 0.3) is 0 Å². The summed E-state index contributed by atoms with van der Waals surface area (Å²) in [6, 6.07) is 0. The fourth-order valence-electron chi connectivity index (χ4n) is 2.73. The first-order chi connectivity index (χ1) is 12.0. The first-order valence-corrected chi connectivity index (χ1v) is 9.03. The lowest BCUT2D eigenvalue weighted by Gasteiger charge is -2.18. The molecule has 1 aromatic rings. The molecule has 0 aliphatic heterocycles. The highest BCUT2D eigenvalue weighted by atomic mass is 32.1. The number of ether oxygens (including phenoxy) is 3. The third-order valence-electron chi connectivity index (χ3n) is 3.87. The molecule has 0 radical (unpaired) electrons. The third-order valence-corrected chi connectivity index (χ3v) is 5.04. The summed E-state index contributed by atoms with van der Waals surface area (Å²) in [5.74, 6) is -1.01. The van der Waals surface area contributed by atoms with Crippen LogP contribution in [0.2, 0.25) is 0 Å². The van der Waals surface area contributed by atoms with Crippen molar-refractivity contribution in [3.8, 4) is 0 Å². The lowest BCUT2D eigenvalue weighted by atomic mass is 9.88. The number of rotatable bonds is 7. The summed E-state index contributed by atoms with van der Waals surface area (Å²) in [6.07, 6.45) is 2.67. The molecule has 1 atom stereocenters. The summed E-state index contributed by atoms with van der Waals surface area (Å²) >= 11 is 1.39. The van der Waals surface area contributed by atoms with Crippen molar-refractivity contribution in [1.82, 2.24) is 0 Å². The van der Waals surface area contributed by atoms with Crippen LogP contribution in [0.1, 0.15) is 41.1 Å². The average Bonchev–Trinajstić information content (AvgIpc) is 2.90. The SMILES string of the molecule is CCOC(=O)c1c(NC(=O)COC(=O)COC)sc2c1CC[C@@H](C)C2. The van der Waals surface area contributed by atoms with Crippen LogP contribution in [0.5, 0.6) is 0 Å². The van der Waals surface area contributed by atoms with Gasteiger partial charge in [-0.15, -0.1) is 11.3 Å². The summed E-state index contributed by atoms with van der Waals surface area (Å²) in [6.45, 7) is 3.53. The van der Waals surface area contributed by atoms with E-state index in [1.807, 2.05) is 0 Å². The Morgan fingerprint density at radius 1 is 1.24 bits per heavy atom. The number of carbonyl (C=O) groups excluding carboxylic acids is 3. The Bertz CT molecular complexity index is 654. The molecule has 0 fully saturated rings. The molecule has 0 aromatic carbocycles. The molecule has 0 saturated carbocycles. The van der Waals surface area contributed by atoms with Gasteiger partial charge in [-0.2, -0.15) is 0 Å². The lowest BCUT2D eigenvalue weighted by molar-refractivity contribution is -0.150. The Morgan fingerprint density at radius 3 is 2.68 bits per heavy atom. The van der Waals surface area contributed by atoms with E-state index < -0.39 is 24.5 Å². The van der Waals surface area contributed by atoms with Crippen LogP contribution < -0.4 is 5.32 Å². The second-order valence-electron chi connectivity index (χ2n) is 5.92. The van der Waals surface area contributed by atoms with Crippen molar-refractivity contribution in [3.63, 3.8) is 0 Å². The largest absolute Gasteiger partial charge is 0.462 e. The highest BCUT2D eigenvalue weighted by Gasteiger charge is 2.29. The Hall–Kier alpha value is -1.93. The molecular formula is C17H23NO6S. The number of hydrogen-bond acceptors (Lipinski definition) is 7. The van der Waals surface area contributed by atoms with Gasteiger partial charge in [0.15, 0.2) is 6.61 Å². The molecule has 138 valence electrons. The van der Waals surface area contributed by atoms with Gasteiger partial charge < -0.3 is 19.5 Å². The van der Waals surface area contributed by atoms with E-state index in [-0.39, 0.29) is 13.2 Å². The van der Waals surface area contributed by atoms with Crippen LogP contribution in [0.15, 0.2) is 0 Å². The first kappa shape index (κ1) is 19.4. The summed E-state index contributed by atoms with van der Waals surface area (Å²) < 4.78 is 14.6. The number of nitrogens with one attached hydrogen (secondary N) is 1. The van der Waals surface area contributed by atoms with Crippen molar-refractivity contribution in [3.05, 3.63) is 16.0 Å². The molecule has 0 saturated heterocycles. The summed E-state index contributed by atoms with van der Waals surface area (Å²) in [5.41, 5.74) is 1.40.